The number of aromatic nitrogens is 1. The fourth-order valence-electron chi connectivity index (χ4n) is 3.07. The lowest BCUT2D eigenvalue weighted by molar-refractivity contribution is -0.116. The fraction of sp³-hybridized carbons (Fsp3) is 0.211. The molecule has 4 rings (SSSR count). The number of hydrogen-bond acceptors (Lipinski definition) is 2. The largest absolute Gasteiger partial charge is 0.493 e. The molecular weight excluding hydrogens is 288 g/mol. The molecule has 0 aliphatic carbocycles. The van der Waals surface area contributed by atoms with Crippen LogP contribution >= 0.6 is 0 Å². The third-order valence-electron chi connectivity index (χ3n) is 4.27. The number of H-pyrrole nitrogens is 1. The summed E-state index contributed by atoms with van der Waals surface area (Å²) in [4.78, 5) is 15.4. The molecule has 0 radical (unpaired) electrons. The fourth-order valence-corrected chi connectivity index (χ4v) is 3.07. The molecule has 2 heterocycles. The van der Waals surface area contributed by atoms with Crippen molar-refractivity contribution < 1.29 is 9.53 Å². The maximum atomic E-state index is 12.2. The summed E-state index contributed by atoms with van der Waals surface area (Å²) in [6.07, 6.45) is 4.10. The minimum Gasteiger partial charge on any atom is -0.493 e. The molecule has 0 saturated carbocycles. The van der Waals surface area contributed by atoms with Crippen molar-refractivity contribution in [3.8, 4) is 5.75 Å². The molecule has 0 fully saturated rings. The second-order valence-corrected chi connectivity index (χ2v) is 5.83. The van der Waals surface area contributed by atoms with E-state index in [2.05, 4.69) is 16.4 Å². The summed E-state index contributed by atoms with van der Waals surface area (Å²) >= 11 is 0. The molecule has 0 spiro atoms. The third-order valence-corrected chi connectivity index (χ3v) is 4.27. The van der Waals surface area contributed by atoms with Gasteiger partial charge in [-0.3, -0.25) is 4.79 Å². The van der Waals surface area contributed by atoms with Gasteiger partial charge in [-0.15, -0.1) is 0 Å². The summed E-state index contributed by atoms with van der Waals surface area (Å²) in [5, 5.41) is 4.17. The summed E-state index contributed by atoms with van der Waals surface area (Å²) in [5.74, 6) is 0.968. The van der Waals surface area contributed by atoms with E-state index >= 15 is 0 Å². The highest BCUT2D eigenvalue weighted by Crippen LogP contribution is 2.28. The average molecular weight is 306 g/mol. The van der Waals surface area contributed by atoms with Crippen molar-refractivity contribution in [2.45, 2.75) is 19.3 Å². The Labute approximate surface area is 134 Å². The SMILES string of the molecule is O=C(CCc1c[nH]c2ccccc12)Nc1ccc2c(c1)CCO2. The molecule has 116 valence electrons. The number of aryl methyl sites for hydroxylation is 1. The first kappa shape index (κ1) is 13.9. The van der Waals surface area contributed by atoms with Gasteiger partial charge < -0.3 is 15.0 Å². The molecule has 2 aromatic carbocycles. The van der Waals surface area contributed by atoms with Gasteiger partial charge in [-0.25, -0.2) is 0 Å². The Balaban J connectivity index is 1.40. The molecule has 4 heteroatoms. The molecular formula is C19H18N2O2. The summed E-state index contributed by atoms with van der Waals surface area (Å²) in [6.45, 7) is 0.729. The molecule has 1 aliphatic rings. The molecule has 0 saturated heterocycles. The lowest BCUT2D eigenvalue weighted by Crippen LogP contribution is -2.12. The molecule has 4 nitrogen and oxygen atoms in total. The lowest BCUT2D eigenvalue weighted by Gasteiger charge is -2.07. The predicted molar refractivity (Wildman–Crippen MR) is 90.9 cm³/mol. The first-order chi connectivity index (χ1) is 11.3. The van der Waals surface area contributed by atoms with Crippen molar-refractivity contribution in [1.82, 2.24) is 4.98 Å². The quantitative estimate of drug-likeness (QED) is 0.772. The van der Waals surface area contributed by atoms with Crippen molar-refractivity contribution in [2.24, 2.45) is 0 Å². The van der Waals surface area contributed by atoms with E-state index in [4.69, 9.17) is 4.74 Å². The maximum Gasteiger partial charge on any atom is 0.224 e. The van der Waals surface area contributed by atoms with E-state index in [1.807, 2.05) is 42.6 Å². The summed E-state index contributed by atoms with van der Waals surface area (Å²) in [5.41, 5.74) is 4.30. The molecule has 3 aromatic rings. The second-order valence-electron chi connectivity index (χ2n) is 5.83. The second kappa shape index (κ2) is 5.80. The van der Waals surface area contributed by atoms with Crippen LogP contribution in [0.5, 0.6) is 5.75 Å². The predicted octanol–water partition coefficient (Wildman–Crippen LogP) is 3.67. The normalized spacial score (nSPS) is 12.9. The van der Waals surface area contributed by atoms with E-state index in [0.29, 0.717) is 6.42 Å². The highest BCUT2D eigenvalue weighted by Gasteiger charge is 2.13. The zero-order chi connectivity index (χ0) is 15.6. The number of benzene rings is 2. The Morgan fingerprint density at radius 3 is 3.09 bits per heavy atom. The molecule has 1 aliphatic heterocycles. The molecule has 0 bridgehead atoms. The number of carbonyl (C=O) groups excluding carboxylic acids is 1. The number of hydrogen-bond donors (Lipinski definition) is 2. The molecule has 0 atom stereocenters. The average Bonchev–Trinajstić information content (AvgIpc) is 3.19. The Kier molecular flexibility index (Phi) is 3.50. The van der Waals surface area contributed by atoms with Crippen LogP contribution in [-0.2, 0) is 17.6 Å². The lowest BCUT2D eigenvalue weighted by atomic mass is 10.1. The van der Waals surface area contributed by atoms with Crippen LogP contribution in [0.2, 0.25) is 0 Å². The van der Waals surface area contributed by atoms with Gasteiger partial charge in [0.2, 0.25) is 5.91 Å². The molecule has 1 amide bonds. The number of amides is 1. The summed E-state index contributed by atoms with van der Waals surface area (Å²) in [7, 11) is 0. The highest BCUT2D eigenvalue weighted by molar-refractivity contribution is 5.91. The van der Waals surface area contributed by atoms with Crippen LogP contribution in [0, 0.1) is 0 Å². The van der Waals surface area contributed by atoms with Crippen molar-refractivity contribution in [2.75, 3.05) is 11.9 Å². The maximum absolute atomic E-state index is 12.2. The number of carbonyl (C=O) groups is 1. The zero-order valence-corrected chi connectivity index (χ0v) is 12.8. The monoisotopic (exact) mass is 306 g/mol. The van der Waals surface area contributed by atoms with Crippen LogP contribution in [-0.4, -0.2) is 17.5 Å². The van der Waals surface area contributed by atoms with E-state index in [0.717, 1.165) is 36.4 Å². The van der Waals surface area contributed by atoms with Crippen molar-refractivity contribution in [3.05, 3.63) is 59.8 Å². The molecule has 2 N–H and O–H groups in total. The molecule has 0 unspecified atom stereocenters. The topological polar surface area (TPSA) is 54.1 Å². The standard InChI is InChI=1S/C19H18N2O2/c22-19(21-15-6-7-18-13(11-15)9-10-23-18)8-5-14-12-20-17-4-2-1-3-16(14)17/h1-4,6-7,11-12,20H,5,8-10H2,(H,21,22). The van der Waals surface area contributed by atoms with Crippen LogP contribution in [0.1, 0.15) is 17.5 Å². The van der Waals surface area contributed by atoms with Crippen LogP contribution < -0.4 is 10.1 Å². The van der Waals surface area contributed by atoms with Crippen LogP contribution in [0.4, 0.5) is 5.69 Å². The van der Waals surface area contributed by atoms with E-state index < -0.39 is 0 Å². The van der Waals surface area contributed by atoms with Gasteiger partial charge in [-0.05, 0) is 41.8 Å². The minimum atomic E-state index is 0.0362. The van der Waals surface area contributed by atoms with Crippen LogP contribution in [0.25, 0.3) is 10.9 Å². The van der Waals surface area contributed by atoms with Crippen molar-refractivity contribution >= 4 is 22.5 Å². The Hall–Kier alpha value is -2.75. The Morgan fingerprint density at radius 2 is 2.13 bits per heavy atom. The number of para-hydroxylation sites is 1. The Morgan fingerprint density at radius 1 is 1.22 bits per heavy atom. The van der Waals surface area contributed by atoms with E-state index in [-0.39, 0.29) is 5.91 Å². The van der Waals surface area contributed by atoms with Gasteiger partial charge in [0, 0.05) is 35.6 Å². The number of rotatable bonds is 4. The number of anilines is 1. The number of aromatic amines is 1. The number of fused-ring (bicyclic) bond motifs is 2. The van der Waals surface area contributed by atoms with Gasteiger partial charge in [0.25, 0.3) is 0 Å². The van der Waals surface area contributed by atoms with Gasteiger partial charge >= 0.3 is 0 Å². The van der Waals surface area contributed by atoms with E-state index in [1.54, 1.807) is 0 Å². The van der Waals surface area contributed by atoms with Gasteiger partial charge in [0.1, 0.15) is 5.75 Å². The van der Waals surface area contributed by atoms with Crippen LogP contribution in [0.3, 0.4) is 0 Å². The number of ether oxygens (including phenoxy) is 1. The summed E-state index contributed by atoms with van der Waals surface area (Å²) in [6, 6.07) is 14.0. The summed E-state index contributed by atoms with van der Waals surface area (Å²) < 4.78 is 5.48. The van der Waals surface area contributed by atoms with Crippen molar-refractivity contribution in [1.29, 1.82) is 0 Å². The van der Waals surface area contributed by atoms with Gasteiger partial charge in [-0.1, -0.05) is 18.2 Å². The number of nitrogens with one attached hydrogen (secondary N) is 2. The zero-order valence-electron chi connectivity index (χ0n) is 12.8. The first-order valence-corrected chi connectivity index (χ1v) is 7.90. The highest BCUT2D eigenvalue weighted by atomic mass is 16.5. The minimum absolute atomic E-state index is 0.0362. The van der Waals surface area contributed by atoms with Gasteiger partial charge in [0.15, 0.2) is 0 Å². The first-order valence-electron chi connectivity index (χ1n) is 7.90. The smallest absolute Gasteiger partial charge is 0.224 e. The van der Waals surface area contributed by atoms with Crippen molar-refractivity contribution in [3.63, 3.8) is 0 Å². The van der Waals surface area contributed by atoms with E-state index in [9.17, 15) is 4.79 Å². The molecule has 23 heavy (non-hydrogen) atoms. The van der Waals surface area contributed by atoms with Crippen LogP contribution in [0.15, 0.2) is 48.7 Å². The Bertz CT molecular complexity index is 867. The van der Waals surface area contributed by atoms with E-state index in [1.165, 1.54) is 16.5 Å². The van der Waals surface area contributed by atoms with Gasteiger partial charge in [-0.2, -0.15) is 0 Å². The third kappa shape index (κ3) is 2.80. The van der Waals surface area contributed by atoms with Gasteiger partial charge in [0.05, 0.1) is 6.61 Å². The molecule has 1 aromatic heterocycles.